The minimum absolute atomic E-state index is 0.0559. The molecule has 1 amide bonds. The van der Waals surface area contributed by atoms with Crippen LogP contribution in [-0.2, 0) is 20.6 Å². The predicted molar refractivity (Wildman–Crippen MR) is 62.2 cm³/mol. The highest BCUT2D eigenvalue weighted by atomic mass is 79.9. The largest absolute Gasteiger partial charge is 0.444 e. The van der Waals surface area contributed by atoms with Gasteiger partial charge < -0.3 is 4.74 Å². The smallest absolute Gasteiger partial charge is 0.422 e. The molecule has 0 aliphatic carbocycles. The Morgan fingerprint density at radius 1 is 1.44 bits per heavy atom. The van der Waals surface area contributed by atoms with E-state index < -0.39 is 15.3 Å². The van der Waals surface area contributed by atoms with Crippen LogP contribution in [0, 0.1) is 0 Å². The summed E-state index contributed by atoms with van der Waals surface area (Å²) in [4.78, 5) is 10.9. The van der Waals surface area contributed by atoms with Gasteiger partial charge in [-0.2, -0.15) is 8.42 Å². The van der Waals surface area contributed by atoms with Crippen LogP contribution in [0.15, 0.2) is 28.7 Å². The van der Waals surface area contributed by atoms with Crippen molar-refractivity contribution < 1.29 is 17.9 Å². The van der Waals surface area contributed by atoms with Gasteiger partial charge in [0.05, 0.1) is 0 Å². The van der Waals surface area contributed by atoms with Crippen molar-refractivity contribution in [2.45, 2.75) is 6.61 Å². The Kier molecular flexibility index (Phi) is 4.57. The number of hydrogen-bond donors (Lipinski definition) is 1. The SMILES string of the molecule is O=C(NS(=O)(=O)Cl)OCc1ccccc1Br. The summed E-state index contributed by atoms with van der Waals surface area (Å²) < 4.78 is 27.8. The average Bonchev–Trinajstić information content (AvgIpc) is 2.14. The van der Waals surface area contributed by atoms with Gasteiger partial charge in [0.2, 0.25) is 0 Å². The van der Waals surface area contributed by atoms with Crippen LogP contribution >= 0.6 is 26.6 Å². The van der Waals surface area contributed by atoms with Crippen LogP contribution in [0.25, 0.3) is 0 Å². The van der Waals surface area contributed by atoms with Gasteiger partial charge in [0.25, 0.3) is 0 Å². The van der Waals surface area contributed by atoms with Crippen LogP contribution in [0.4, 0.5) is 4.79 Å². The molecule has 88 valence electrons. The molecule has 1 aromatic rings. The number of rotatable bonds is 3. The number of amides is 1. The summed E-state index contributed by atoms with van der Waals surface area (Å²) in [6.07, 6.45) is -1.12. The maximum Gasteiger partial charge on any atom is 0.422 e. The second-order valence-corrected chi connectivity index (χ2v) is 5.86. The van der Waals surface area contributed by atoms with E-state index in [0.29, 0.717) is 5.56 Å². The first-order valence-electron chi connectivity index (χ1n) is 4.01. The van der Waals surface area contributed by atoms with Crippen LogP contribution in [0.1, 0.15) is 5.56 Å². The maximum absolute atomic E-state index is 10.9. The summed E-state index contributed by atoms with van der Waals surface area (Å²) >= 11 is 3.25. The molecule has 1 aromatic carbocycles. The van der Waals surface area contributed by atoms with Crippen molar-refractivity contribution in [3.63, 3.8) is 0 Å². The molecular weight excluding hydrogens is 322 g/mol. The van der Waals surface area contributed by atoms with E-state index in [1.165, 1.54) is 4.72 Å². The zero-order valence-electron chi connectivity index (χ0n) is 7.81. The number of hydrogen-bond acceptors (Lipinski definition) is 4. The van der Waals surface area contributed by atoms with Crippen molar-refractivity contribution in [1.82, 2.24) is 4.72 Å². The average molecular weight is 329 g/mol. The van der Waals surface area contributed by atoms with Crippen LogP contribution in [0.5, 0.6) is 0 Å². The molecule has 0 aliphatic rings. The first-order valence-corrected chi connectivity index (χ1v) is 7.11. The molecule has 0 bridgehead atoms. The zero-order valence-corrected chi connectivity index (χ0v) is 11.0. The summed E-state index contributed by atoms with van der Waals surface area (Å²) in [6.45, 7) is -0.0559. The fraction of sp³-hybridized carbons (Fsp3) is 0.125. The first-order chi connectivity index (χ1) is 7.38. The Bertz CT molecular complexity index is 491. The van der Waals surface area contributed by atoms with Crippen LogP contribution < -0.4 is 4.72 Å². The highest BCUT2D eigenvalue weighted by Crippen LogP contribution is 2.16. The normalized spacial score (nSPS) is 10.9. The maximum atomic E-state index is 10.9. The van der Waals surface area contributed by atoms with E-state index >= 15 is 0 Å². The molecule has 0 spiro atoms. The molecule has 1 N–H and O–H groups in total. The van der Waals surface area contributed by atoms with Gasteiger partial charge in [-0.1, -0.05) is 34.1 Å². The molecule has 0 fully saturated rings. The Hall–Kier alpha value is -0.790. The summed E-state index contributed by atoms with van der Waals surface area (Å²) in [5.41, 5.74) is 0.713. The van der Waals surface area contributed by atoms with Gasteiger partial charge in [0.15, 0.2) is 0 Å². The second kappa shape index (κ2) is 5.51. The van der Waals surface area contributed by atoms with Gasteiger partial charge in [-0.15, -0.1) is 0 Å². The summed E-state index contributed by atoms with van der Waals surface area (Å²) in [7, 11) is 0.690. The van der Waals surface area contributed by atoms with Crippen molar-refractivity contribution >= 4 is 41.9 Å². The van der Waals surface area contributed by atoms with Crippen molar-refractivity contribution in [2.75, 3.05) is 0 Å². The number of carbonyl (C=O) groups excluding carboxylic acids is 1. The summed E-state index contributed by atoms with van der Waals surface area (Å²) in [6, 6.07) is 7.07. The third kappa shape index (κ3) is 4.82. The quantitative estimate of drug-likeness (QED) is 0.863. The Morgan fingerprint density at radius 3 is 2.62 bits per heavy atom. The van der Waals surface area contributed by atoms with E-state index in [0.717, 1.165) is 4.47 Å². The molecule has 16 heavy (non-hydrogen) atoms. The van der Waals surface area contributed by atoms with Gasteiger partial charge in [-0.25, -0.2) is 9.52 Å². The molecule has 0 aromatic heterocycles. The van der Waals surface area contributed by atoms with E-state index in [-0.39, 0.29) is 6.61 Å². The summed E-state index contributed by atoms with van der Waals surface area (Å²) in [5.74, 6) is 0. The van der Waals surface area contributed by atoms with Crippen molar-refractivity contribution in [1.29, 1.82) is 0 Å². The first kappa shape index (κ1) is 13.3. The van der Waals surface area contributed by atoms with Gasteiger partial charge in [0.1, 0.15) is 6.61 Å². The minimum atomic E-state index is -4.10. The Morgan fingerprint density at radius 2 is 2.06 bits per heavy atom. The van der Waals surface area contributed by atoms with E-state index in [1.54, 1.807) is 24.3 Å². The molecule has 0 heterocycles. The fourth-order valence-corrected chi connectivity index (χ4v) is 1.73. The predicted octanol–water partition coefficient (Wildman–Crippen LogP) is 2.16. The van der Waals surface area contributed by atoms with Crippen molar-refractivity contribution in [2.24, 2.45) is 0 Å². The van der Waals surface area contributed by atoms with Gasteiger partial charge in [-0.05, 0) is 6.07 Å². The van der Waals surface area contributed by atoms with E-state index in [2.05, 4.69) is 20.7 Å². The lowest BCUT2D eigenvalue weighted by Gasteiger charge is -2.05. The van der Waals surface area contributed by atoms with E-state index in [9.17, 15) is 13.2 Å². The van der Waals surface area contributed by atoms with Gasteiger partial charge >= 0.3 is 15.3 Å². The van der Waals surface area contributed by atoms with Crippen LogP contribution in [-0.4, -0.2) is 14.5 Å². The molecule has 0 saturated carbocycles. The molecule has 0 unspecified atom stereocenters. The molecule has 0 aliphatic heterocycles. The molecule has 8 heteroatoms. The topological polar surface area (TPSA) is 72.5 Å². The van der Waals surface area contributed by atoms with E-state index in [1.807, 2.05) is 0 Å². The standard InChI is InChI=1S/C8H7BrClNO4S/c9-7-4-2-1-3-6(7)5-15-8(12)11-16(10,13)14/h1-4H,5H2,(H,11,12). The third-order valence-corrected chi connectivity index (χ3v) is 2.94. The zero-order chi connectivity index (χ0) is 12.2. The number of nitrogens with one attached hydrogen (secondary N) is 1. The molecule has 5 nitrogen and oxygen atoms in total. The van der Waals surface area contributed by atoms with Gasteiger partial charge in [-0.3, -0.25) is 0 Å². The molecule has 1 rings (SSSR count). The highest BCUT2D eigenvalue weighted by Gasteiger charge is 2.11. The lowest BCUT2D eigenvalue weighted by molar-refractivity contribution is 0.146. The Balaban J connectivity index is 2.53. The number of halogens is 2. The highest BCUT2D eigenvalue weighted by molar-refractivity contribution is 9.10. The minimum Gasteiger partial charge on any atom is -0.444 e. The molecule has 0 saturated heterocycles. The fourth-order valence-electron chi connectivity index (χ4n) is 0.888. The molecular formula is C8H7BrClNO4S. The van der Waals surface area contributed by atoms with E-state index in [4.69, 9.17) is 10.7 Å². The lowest BCUT2D eigenvalue weighted by atomic mass is 10.2. The second-order valence-electron chi connectivity index (χ2n) is 2.71. The van der Waals surface area contributed by atoms with Crippen molar-refractivity contribution in [3.05, 3.63) is 34.3 Å². The molecule has 0 radical (unpaired) electrons. The van der Waals surface area contributed by atoms with Gasteiger partial charge in [0, 0.05) is 20.7 Å². The van der Waals surface area contributed by atoms with Crippen LogP contribution in [0.2, 0.25) is 0 Å². The van der Waals surface area contributed by atoms with Crippen molar-refractivity contribution in [3.8, 4) is 0 Å². The van der Waals surface area contributed by atoms with Crippen LogP contribution in [0.3, 0.4) is 0 Å². The lowest BCUT2D eigenvalue weighted by Crippen LogP contribution is -2.27. The number of benzene rings is 1. The Labute approximate surface area is 105 Å². The third-order valence-electron chi connectivity index (χ3n) is 1.52. The number of carbonyl (C=O) groups is 1. The molecule has 0 atom stereocenters. The monoisotopic (exact) mass is 327 g/mol. The number of ether oxygens (including phenoxy) is 1. The summed E-state index contributed by atoms with van der Waals surface area (Å²) in [5, 5.41) is 0.